The fourth-order valence-electron chi connectivity index (χ4n) is 5.88. The number of benzene rings is 2. The summed E-state index contributed by atoms with van der Waals surface area (Å²) in [6, 6.07) is 13.6. The molecule has 220 valence electrons. The van der Waals surface area contributed by atoms with Crippen LogP contribution in [0.4, 0.5) is 15.9 Å². The number of ether oxygens (including phenoxy) is 2. The van der Waals surface area contributed by atoms with Crippen molar-refractivity contribution in [3.63, 3.8) is 0 Å². The Kier molecular flexibility index (Phi) is 7.87. The van der Waals surface area contributed by atoms with Gasteiger partial charge in [0, 0.05) is 49.2 Å². The second kappa shape index (κ2) is 11.3. The summed E-state index contributed by atoms with van der Waals surface area (Å²) in [7, 11) is 2.89. The molecule has 0 fully saturated rings. The van der Waals surface area contributed by atoms with Crippen LogP contribution in [0.1, 0.15) is 54.9 Å². The van der Waals surface area contributed by atoms with Gasteiger partial charge in [0.25, 0.3) is 0 Å². The van der Waals surface area contributed by atoms with E-state index in [1.54, 1.807) is 33.0 Å². The molecule has 0 radical (unpaired) electrons. The van der Waals surface area contributed by atoms with E-state index in [4.69, 9.17) is 9.47 Å². The first-order valence-electron chi connectivity index (χ1n) is 13.8. The summed E-state index contributed by atoms with van der Waals surface area (Å²) in [4.78, 5) is 45.5. The van der Waals surface area contributed by atoms with E-state index < -0.39 is 22.9 Å². The molecule has 9 nitrogen and oxygen atoms in total. The van der Waals surface area contributed by atoms with E-state index in [9.17, 15) is 18.8 Å². The summed E-state index contributed by atoms with van der Waals surface area (Å²) in [5.74, 6) is -0.563. The molecule has 1 aliphatic carbocycles. The molecule has 2 aromatic carbocycles. The first-order valence-corrected chi connectivity index (χ1v) is 13.8. The van der Waals surface area contributed by atoms with Crippen molar-refractivity contribution in [3.05, 3.63) is 88.4 Å². The topological polar surface area (TPSA) is 110 Å². The number of aromatic nitrogens is 1. The molecule has 42 heavy (non-hydrogen) atoms. The van der Waals surface area contributed by atoms with Crippen molar-refractivity contribution in [2.45, 2.75) is 51.9 Å². The summed E-state index contributed by atoms with van der Waals surface area (Å²) in [6.07, 6.45) is 1.87. The normalized spacial score (nSPS) is 17.3. The van der Waals surface area contributed by atoms with Gasteiger partial charge in [0.1, 0.15) is 18.2 Å². The van der Waals surface area contributed by atoms with E-state index in [0.717, 1.165) is 16.7 Å². The van der Waals surface area contributed by atoms with Crippen molar-refractivity contribution in [2.75, 3.05) is 31.4 Å². The van der Waals surface area contributed by atoms with Gasteiger partial charge in [-0.15, -0.1) is 0 Å². The van der Waals surface area contributed by atoms with Crippen LogP contribution in [0.5, 0.6) is 0 Å². The molecule has 0 saturated heterocycles. The Balaban J connectivity index is 1.35. The predicted molar refractivity (Wildman–Crippen MR) is 155 cm³/mol. The average Bonchev–Trinajstić information content (AvgIpc) is 3.46. The Morgan fingerprint density at radius 3 is 2.55 bits per heavy atom. The molecule has 10 heteroatoms. The maximum Gasteiger partial charge on any atom is 0.244 e. The number of carbonyl (C=O) groups excluding carboxylic acids is 3. The number of amides is 3. The second-order valence-electron chi connectivity index (χ2n) is 11.9. The highest BCUT2D eigenvalue weighted by atomic mass is 19.1. The molecule has 3 amide bonds. The maximum atomic E-state index is 14.1. The molecule has 0 bridgehead atoms. The van der Waals surface area contributed by atoms with Gasteiger partial charge in [-0.05, 0) is 59.9 Å². The van der Waals surface area contributed by atoms with Crippen LogP contribution in [0.15, 0.2) is 54.7 Å². The van der Waals surface area contributed by atoms with Gasteiger partial charge in [0.2, 0.25) is 17.7 Å². The van der Waals surface area contributed by atoms with Gasteiger partial charge >= 0.3 is 0 Å². The van der Waals surface area contributed by atoms with E-state index in [1.165, 1.54) is 31.3 Å². The summed E-state index contributed by atoms with van der Waals surface area (Å²) < 4.78 is 24.8. The molecule has 1 unspecified atom stereocenters. The van der Waals surface area contributed by atoms with Crippen LogP contribution < -0.4 is 10.6 Å². The zero-order chi connectivity index (χ0) is 30.2. The molecule has 2 N–H and O–H groups in total. The minimum atomic E-state index is -0.837. The number of nitrogens with one attached hydrogen (secondary N) is 2. The molecular weight excluding hydrogens is 539 g/mol. The molecule has 3 aromatic rings. The van der Waals surface area contributed by atoms with Crippen molar-refractivity contribution in [1.29, 1.82) is 0 Å². The molecule has 1 spiro atoms. The standard InChI is InChI=1S/C32H35FN4O5/c1-31(2,3)30(40)37(17-20-8-10-22(33)14-24(20)28(41-4)42-5)18-26(38)35-23-11-9-19-15-32(16-21(19)13-23)25-7-6-12-34-27(25)36-29(32)39/h6-14,28H,15-18H2,1-5H3,(H,35,38)(H,34,36,39). The summed E-state index contributed by atoms with van der Waals surface area (Å²) >= 11 is 0. The highest BCUT2D eigenvalue weighted by molar-refractivity contribution is 6.06. The van der Waals surface area contributed by atoms with Gasteiger partial charge in [-0.2, -0.15) is 0 Å². The van der Waals surface area contributed by atoms with Crippen molar-refractivity contribution >= 4 is 29.2 Å². The van der Waals surface area contributed by atoms with Crippen LogP contribution in [0.25, 0.3) is 0 Å². The Labute approximate surface area is 244 Å². The van der Waals surface area contributed by atoms with E-state index in [1.807, 2.05) is 30.3 Å². The van der Waals surface area contributed by atoms with Crippen molar-refractivity contribution in [1.82, 2.24) is 9.88 Å². The monoisotopic (exact) mass is 574 g/mol. The number of nitrogens with zero attached hydrogens (tertiary/aromatic N) is 2. The molecule has 2 aliphatic rings. The number of hydrogen-bond acceptors (Lipinski definition) is 6. The van der Waals surface area contributed by atoms with Crippen molar-refractivity contribution in [2.24, 2.45) is 5.41 Å². The number of halogens is 1. The molecule has 5 rings (SSSR count). The summed E-state index contributed by atoms with van der Waals surface area (Å²) in [5, 5.41) is 5.82. The lowest BCUT2D eigenvalue weighted by molar-refractivity contribution is -0.142. The second-order valence-corrected chi connectivity index (χ2v) is 11.9. The Morgan fingerprint density at radius 2 is 1.83 bits per heavy atom. The van der Waals surface area contributed by atoms with Crippen molar-refractivity contribution in [3.8, 4) is 0 Å². The number of pyridine rings is 1. The third-order valence-electron chi connectivity index (χ3n) is 7.88. The van der Waals surface area contributed by atoms with E-state index in [0.29, 0.717) is 35.5 Å². The molecule has 0 saturated carbocycles. The Morgan fingerprint density at radius 1 is 1.10 bits per heavy atom. The van der Waals surface area contributed by atoms with Crippen LogP contribution >= 0.6 is 0 Å². The summed E-state index contributed by atoms with van der Waals surface area (Å²) in [5.41, 5.74) is 3.04. The summed E-state index contributed by atoms with van der Waals surface area (Å²) in [6.45, 7) is 5.17. The van der Waals surface area contributed by atoms with Crippen LogP contribution in [-0.2, 0) is 48.7 Å². The van der Waals surface area contributed by atoms with Gasteiger partial charge in [0.05, 0.1) is 5.41 Å². The predicted octanol–water partition coefficient (Wildman–Crippen LogP) is 4.51. The number of carbonyl (C=O) groups is 3. The Bertz CT molecular complexity index is 1550. The smallest absolute Gasteiger partial charge is 0.244 e. The largest absolute Gasteiger partial charge is 0.352 e. The maximum absolute atomic E-state index is 14.1. The molecule has 1 aliphatic heterocycles. The zero-order valence-electron chi connectivity index (χ0n) is 24.4. The lowest BCUT2D eigenvalue weighted by atomic mass is 9.79. The lowest BCUT2D eigenvalue weighted by Gasteiger charge is -2.30. The third-order valence-corrected chi connectivity index (χ3v) is 7.88. The van der Waals surface area contributed by atoms with Gasteiger partial charge in [-0.3, -0.25) is 14.4 Å². The number of rotatable bonds is 8. The van der Waals surface area contributed by atoms with E-state index in [2.05, 4.69) is 15.6 Å². The lowest BCUT2D eigenvalue weighted by Crippen LogP contribution is -2.43. The van der Waals surface area contributed by atoms with Gasteiger partial charge in [-0.25, -0.2) is 9.37 Å². The van der Waals surface area contributed by atoms with E-state index >= 15 is 0 Å². The van der Waals surface area contributed by atoms with Crippen molar-refractivity contribution < 1.29 is 28.2 Å². The quantitative estimate of drug-likeness (QED) is 0.383. The van der Waals surface area contributed by atoms with Gasteiger partial charge in [0.15, 0.2) is 6.29 Å². The molecule has 1 aromatic heterocycles. The average molecular weight is 575 g/mol. The minimum Gasteiger partial charge on any atom is -0.352 e. The van der Waals surface area contributed by atoms with Crippen LogP contribution in [0.2, 0.25) is 0 Å². The van der Waals surface area contributed by atoms with Crippen LogP contribution in [0, 0.1) is 11.2 Å². The molecular formula is C32H35FN4O5. The van der Waals surface area contributed by atoms with Gasteiger partial charge < -0.3 is 25.0 Å². The zero-order valence-corrected chi connectivity index (χ0v) is 24.4. The van der Waals surface area contributed by atoms with Gasteiger partial charge in [-0.1, -0.05) is 39.0 Å². The molecule has 2 heterocycles. The molecule has 1 atom stereocenters. The highest BCUT2D eigenvalue weighted by Gasteiger charge is 2.51. The fraction of sp³-hybridized carbons (Fsp3) is 0.375. The van der Waals surface area contributed by atoms with Crippen LogP contribution in [-0.4, -0.2) is 48.4 Å². The SMILES string of the molecule is COC(OC)c1cc(F)ccc1CN(CC(=O)Nc1ccc2c(c1)CC1(C2)C(=O)Nc2ncccc21)C(=O)C(C)(C)C. The first-order chi connectivity index (χ1) is 19.9. The highest BCUT2D eigenvalue weighted by Crippen LogP contribution is 2.47. The first kappa shape index (κ1) is 29.3. The third kappa shape index (κ3) is 5.52. The number of methoxy groups -OCH3 is 2. The number of fused-ring (bicyclic) bond motifs is 3. The Hall–Kier alpha value is -4.15. The fourth-order valence-corrected chi connectivity index (χ4v) is 5.88. The minimum absolute atomic E-state index is 0.0532. The van der Waals surface area contributed by atoms with E-state index in [-0.39, 0.29) is 30.8 Å². The van der Waals surface area contributed by atoms with Crippen LogP contribution in [0.3, 0.4) is 0 Å². The number of anilines is 2. The number of hydrogen-bond donors (Lipinski definition) is 2.